The van der Waals surface area contributed by atoms with Gasteiger partial charge in [0, 0.05) is 28.7 Å². The van der Waals surface area contributed by atoms with Gasteiger partial charge in [-0.15, -0.1) is 0 Å². The van der Waals surface area contributed by atoms with Gasteiger partial charge >= 0.3 is 0 Å². The highest BCUT2D eigenvalue weighted by molar-refractivity contribution is 5.85. The summed E-state index contributed by atoms with van der Waals surface area (Å²) in [4.78, 5) is 16.4. The van der Waals surface area contributed by atoms with Gasteiger partial charge in [0.15, 0.2) is 12.7 Å². The van der Waals surface area contributed by atoms with Crippen molar-refractivity contribution in [2.24, 2.45) is 0 Å². The van der Waals surface area contributed by atoms with Gasteiger partial charge in [-0.1, -0.05) is 0 Å². The van der Waals surface area contributed by atoms with Gasteiger partial charge in [-0.05, 0) is 72.8 Å². The Morgan fingerprint density at radius 3 is 2.15 bits per heavy atom. The van der Waals surface area contributed by atoms with Gasteiger partial charge < -0.3 is 9.97 Å². The number of nitrogens with one attached hydrogen (secondary N) is 2. The highest BCUT2D eigenvalue weighted by atomic mass is 19.1. The third-order valence-corrected chi connectivity index (χ3v) is 5.71. The summed E-state index contributed by atoms with van der Waals surface area (Å²) in [6.07, 6.45) is 9.88. The molecule has 0 atom stereocenters. The Morgan fingerprint density at radius 1 is 0.697 bits per heavy atom. The highest BCUT2D eigenvalue weighted by Crippen LogP contribution is 2.25. The number of halogens is 1. The predicted molar refractivity (Wildman–Crippen MR) is 130 cm³/mol. The number of aryl methyl sites for hydroxylation is 1. The number of fused-ring (bicyclic) bond motifs is 8. The maximum atomic E-state index is 13.2. The monoisotopic (exact) mass is 434 g/mol. The third-order valence-electron chi connectivity index (χ3n) is 5.71. The summed E-state index contributed by atoms with van der Waals surface area (Å²) in [5, 5.41) is 0. The number of hydrogen-bond donors (Lipinski definition) is 2. The number of H-pyrrole nitrogens is 2. The first-order chi connectivity index (χ1) is 16.2. The second-order valence-electron chi connectivity index (χ2n) is 8.06. The van der Waals surface area contributed by atoms with Crippen molar-refractivity contribution in [2.45, 2.75) is 6.54 Å². The molecule has 0 saturated carbocycles. The minimum atomic E-state index is -0.424. The van der Waals surface area contributed by atoms with Crippen LogP contribution < -0.4 is 4.57 Å². The van der Waals surface area contributed by atoms with Gasteiger partial charge in [0.25, 0.3) is 0 Å². The average molecular weight is 434 g/mol. The van der Waals surface area contributed by atoms with Crippen LogP contribution in [-0.4, -0.2) is 26.6 Å². The lowest BCUT2D eigenvalue weighted by Gasteiger charge is -2.00. The molecule has 5 nitrogen and oxygen atoms in total. The summed E-state index contributed by atoms with van der Waals surface area (Å²) in [5.74, 6) is 0. The highest BCUT2D eigenvalue weighted by Gasteiger charge is 2.16. The van der Waals surface area contributed by atoms with E-state index in [9.17, 15) is 4.39 Å². The van der Waals surface area contributed by atoms with Crippen LogP contribution in [0.15, 0.2) is 66.9 Å². The zero-order chi connectivity index (χ0) is 22.2. The molecule has 2 N–H and O–H groups in total. The van der Waals surface area contributed by atoms with E-state index < -0.39 is 6.67 Å². The second-order valence-corrected chi connectivity index (χ2v) is 8.06. The van der Waals surface area contributed by atoms with Crippen LogP contribution >= 0.6 is 0 Å². The quantitative estimate of drug-likeness (QED) is 0.357. The van der Waals surface area contributed by atoms with E-state index in [1.807, 2.05) is 83.6 Å². The molecule has 0 aliphatic carbocycles. The molecule has 0 spiro atoms. The van der Waals surface area contributed by atoms with Crippen LogP contribution in [0.1, 0.15) is 22.8 Å². The van der Waals surface area contributed by atoms with Gasteiger partial charge in [0.1, 0.15) is 6.67 Å². The minimum absolute atomic E-state index is 0.303. The van der Waals surface area contributed by atoms with E-state index in [1.54, 1.807) is 0 Å². The molecule has 6 heteroatoms. The number of alkyl halides is 1. The number of rotatable bonds is 3. The predicted octanol–water partition coefficient (Wildman–Crippen LogP) is 5.58. The zero-order valence-electron chi connectivity index (χ0n) is 17.8. The molecule has 0 amide bonds. The molecule has 2 aliphatic heterocycles. The molecular weight excluding hydrogens is 413 g/mol. The molecule has 160 valence electrons. The Kier molecular flexibility index (Phi) is 4.69. The van der Waals surface area contributed by atoms with Crippen molar-refractivity contribution >= 4 is 46.4 Å². The standard InChI is InChI=1S/C27H20FN5/c28-10-12-33-11-2-1-3-27(33)25-16-24-15-22-7-6-20(30-22)13-18-4-5-19(29-18)14-21-8-9-23(31-21)17-26(25)32-24/h1-9,11,13-17H,10,12H2,(H,29,30,31,32)/p+1. The summed E-state index contributed by atoms with van der Waals surface area (Å²) in [7, 11) is 0. The van der Waals surface area contributed by atoms with E-state index in [2.05, 4.69) is 27.1 Å². The Balaban J connectivity index is 1.66. The molecule has 4 aromatic heterocycles. The van der Waals surface area contributed by atoms with Gasteiger partial charge in [-0.3, -0.25) is 0 Å². The lowest BCUT2D eigenvalue weighted by Crippen LogP contribution is -2.36. The van der Waals surface area contributed by atoms with Gasteiger partial charge in [-0.25, -0.2) is 14.4 Å². The molecule has 0 saturated heterocycles. The lowest BCUT2D eigenvalue weighted by molar-refractivity contribution is -0.686. The summed E-state index contributed by atoms with van der Waals surface area (Å²) < 4.78 is 15.2. The fourth-order valence-electron chi connectivity index (χ4n) is 4.24. The SMILES string of the molecule is FCC[n+]1ccccc1-c1cc2cc3ccc(cc4nc(cc5nc(cc1[nH]2)C=C5)C=C4)[nH]3. The smallest absolute Gasteiger partial charge is 0.214 e. The van der Waals surface area contributed by atoms with Crippen LogP contribution in [0.4, 0.5) is 4.39 Å². The molecule has 0 radical (unpaired) electrons. The largest absolute Gasteiger partial charge is 0.355 e. The Hall–Kier alpha value is -4.32. The Labute approximate surface area is 189 Å². The first kappa shape index (κ1) is 19.4. The summed E-state index contributed by atoms with van der Waals surface area (Å²) in [6, 6.07) is 20.2. The Morgan fingerprint density at radius 2 is 1.39 bits per heavy atom. The van der Waals surface area contributed by atoms with Gasteiger partial charge in [-0.2, -0.15) is 4.57 Å². The van der Waals surface area contributed by atoms with Crippen LogP contribution in [-0.2, 0) is 6.54 Å². The molecule has 0 aromatic carbocycles. The normalized spacial score (nSPS) is 12.4. The zero-order valence-corrected chi connectivity index (χ0v) is 17.8. The van der Waals surface area contributed by atoms with Crippen LogP contribution in [0.2, 0.25) is 0 Å². The fourth-order valence-corrected chi connectivity index (χ4v) is 4.24. The summed E-state index contributed by atoms with van der Waals surface area (Å²) in [5.41, 5.74) is 9.23. The number of pyridine rings is 1. The first-order valence-corrected chi connectivity index (χ1v) is 10.9. The number of aromatic amines is 2. The molecule has 8 bridgehead atoms. The van der Waals surface area contributed by atoms with Crippen molar-refractivity contribution in [1.29, 1.82) is 0 Å². The molecular formula is C27H21FN5+. The summed E-state index contributed by atoms with van der Waals surface area (Å²) >= 11 is 0. The van der Waals surface area contributed by atoms with E-state index in [0.29, 0.717) is 6.54 Å². The molecule has 6 heterocycles. The number of aromatic nitrogens is 5. The molecule has 33 heavy (non-hydrogen) atoms. The van der Waals surface area contributed by atoms with Gasteiger partial charge in [0.05, 0.1) is 33.9 Å². The molecule has 2 aliphatic rings. The number of nitrogens with zero attached hydrogens (tertiary/aromatic N) is 3. The second kappa shape index (κ2) is 7.98. The van der Waals surface area contributed by atoms with Crippen molar-refractivity contribution in [3.8, 4) is 11.3 Å². The maximum absolute atomic E-state index is 13.2. The van der Waals surface area contributed by atoms with Crippen LogP contribution in [0.3, 0.4) is 0 Å². The molecule has 6 rings (SSSR count). The third kappa shape index (κ3) is 3.87. The summed E-state index contributed by atoms with van der Waals surface area (Å²) in [6.45, 7) is -0.120. The molecule has 0 unspecified atom stereocenters. The maximum Gasteiger partial charge on any atom is 0.214 e. The van der Waals surface area contributed by atoms with Gasteiger partial charge in [0.2, 0.25) is 5.69 Å². The van der Waals surface area contributed by atoms with Crippen molar-refractivity contribution in [2.75, 3.05) is 6.67 Å². The lowest BCUT2D eigenvalue weighted by atomic mass is 10.1. The van der Waals surface area contributed by atoms with Crippen LogP contribution in [0.25, 0.3) is 57.6 Å². The fraction of sp³-hybridized carbons (Fsp3) is 0.0741. The van der Waals surface area contributed by atoms with Crippen molar-refractivity contribution < 1.29 is 8.96 Å². The van der Waals surface area contributed by atoms with Crippen LogP contribution in [0, 0.1) is 0 Å². The van der Waals surface area contributed by atoms with E-state index in [1.165, 1.54) is 0 Å². The van der Waals surface area contributed by atoms with Crippen molar-refractivity contribution in [3.05, 3.63) is 89.6 Å². The minimum Gasteiger partial charge on any atom is -0.355 e. The topological polar surface area (TPSA) is 61.2 Å². The van der Waals surface area contributed by atoms with Crippen LogP contribution in [0.5, 0.6) is 0 Å². The van der Waals surface area contributed by atoms with E-state index in [4.69, 9.17) is 4.98 Å². The van der Waals surface area contributed by atoms with E-state index >= 15 is 0 Å². The molecule has 4 aromatic rings. The Bertz CT molecular complexity index is 1590. The van der Waals surface area contributed by atoms with E-state index in [0.717, 1.165) is 56.1 Å². The molecule has 0 fully saturated rings. The number of hydrogen-bond acceptors (Lipinski definition) is 2. The first-order valence-electron chi connectivity index (χ1n) is 10.9. The van der Waals surface area contributed by atoms with Crippen molar-refractivity contribution in [1.82, 2.24) is 19.9 Å². The average Bonchev–Trinajstić information content (AvgIpc) is 3.60. The van der Waals surface area contributed by atoms with Crippen molar-refractivity contribution in [3.63, 3.8) is 0 Å². The van der Waals surface area contributed by atoms with E-state index in [-0.39, 0.29) is 0 Å².